The van der Waals surface area contributed by atoms with Crippen LogP contribution >= 0.6 is 0 Å². The van der Waals surface area contributed by atoms with Gasteiger partial charge >= 0.3 is 5.56 Å². The van der Waals surface area contributed by atoms with Crippen LogP contribution < -0.4 is 10.3 Å². The van der Waals surface area contributed by atoms with Crippen LogP contribution in [0, 0.1) is 23.3 Å². The van der Waals surface area contributed by atoms with Crippen molar-refractivity contribution in [1.29, 1.82) is 0 Å². The molecule has 0 aliphatic rings. The molecule has 0 aliphatic heterocycles. The van der Waals surface area contributed by atoms with Gasteiger partial charge in [-0.2, -0.15) is 9.78 Å². The van der Waals surface area contributed by atoms with E-state index in [0.29, 0.717) is 0 Å². The lowest BCUT2D eigenvalue weighted by Gasteiger charge is -2.24. The average molecular weight is 516 g/mol. The van der Waals surface area contributed by atoms with Crippen molar-refractivity contribution < 1.29 is 40.9 Å². The van der Waals surface area contributed by atoms with Gasteiger partial charge in [0.25, 0.3) is 0 Å². The molecule has 0 radical (unpaired) electrons. The van der Waals surface area contributed by atoms with Crippen molar-refractivity contribution in [3.63, 3.8) is 0 Å². The standard InChI is InChI=1S/C22H20F4N2O6S/c1-22(2,31)16(29)10-34-20-13(11-4-6-12(7-5-11)35(3,32)33)9-27-28(21(20)30)15-8-14(23)17(24)19(26)18(15)25/h4-9,16,29,31H,10H2,1-3H3/t16-/m1/s1. The predicted molar refractivity (Wildman–Crippen MR) is 116 cm³/mol. The Hall–Kier alpha value is -3.29. The van der Waals surface area contributed by atoms with Gasteiger partial charge in [-0.1, -0.05) is 12.1 Å². The van der Waals surface area contributed by atoms with E-state index in [1.54, 1.807) is 0 Å². The molecule has 0 bridgehead atoms. The van der Waals surface area contributed by atoms with E-state index in [1.807, 2.05) is 0 Å². The maximum atomic E-state index is 14.3. The topological polar surface area (TPSA) is 119 Å². The Labute approximate surface area is 197 Å². The number of benzene rings is 2. The van der Waals surface area contributed by atoms with Gasteiger partial charge in [-0.25, -0.2) is 26.0 Å². The zero-order valence-electron chi connectivity index (χ0n) is 18.6. The van der Waals surface area contributed by atoms with Crippen LogP contribution in [-0.4, -0.2) is 53.0 Å². The lowest BCUT2D eigenvalue weighted by atomic mass is 10.0. The second kappa shape index (κ2) is 9.40. The SMILES string of the molecule is CC(C)(O)[C@H](O)COc1c(-c2ccc(S(C)(=O)=O)cc2)cnn(-c2cc(F)c(F)c(F)c2F)c1=O. The highest BCUT2D eigenvalue weighted by Gasteiger charge is 2.28. The van der Waals surface area contributed by atoms with E-state index < -0.39 is 68.4 Å². The summed E-state index contributed by atoms with van der Waals surface area (Å²) in [7, 11) is -3.53. The zero-order chi connectivity index (χ0) is 26.3. The molecule has 3 rings (SSSR count). The van der Waals surface area contributed by atoms with Crippen molar-refractivity contribution in [1.82, 2.24) is 9.78 Å². The number of hydrogen-bond donors (Lipinski definition) is 2. The van der Waals surface area contributed by atoms with Gasteiger partial charge in [0.05, 0.1) is 16.7 Å². The normalized spacial score (nSPS) is 13.1. The van der Waals surface area contributed by atoms with Crippen LogP contribution in [0.4, 0.5) is 17.6 Å². The molecule has 0 spiro atoms. The smallest absolute Gasteiger partial charge is 0.314 e. The van der Waals surface area contributed by atoms with Crippen molar-refractivity contribution in [3.8, 4) is 22.6 Å². The molecule has 1 atom stereocenters. The van der Waals surface area contributed by atoms with E-state index in [1.165, 1.54) is 38.1 Å². The zero-order valence-corrected chi connectivity index (χ0v) is 19.4. The quantitative estimate of drug-likeness (QED) is 0.281. The monoisotopic (exact) mass is 516 g/mol. The van der Waals surface area contributed by atoms with Crippen molar-refractivity contribution in [3.05, 3.63) is 70.2 Å². The van der Waals surface area contributed by atoms with E-state index in [-0.39, 0.29) is 26.8 Å². The fourth-order valence-electron chi connectivity index (χ4n) is 2.92. The highest BCUT2D eigenvalue weighted by atomic mass is 32.2. The molecule has 0 unspecified atom stereocenters. The summed E-state index contributed by atoms with van der Waals surface area (Å²) in [4.78, 5) is 13.1. The first-order chi connectivity index (χ1) is 16.1. The predicted octanol–water partition coefficient (Wildman–Crippen LogP) is 2.37. The molecule has 2 aromatic carbocycles. The van der Waals surface area contributed by atoms with Crippen LogP contribution in [0.5, 0.6) is 5.75 Å². The molecule has 0 fully saturated rings. The molecule has 3 aromatic rings. The lowest BCUT2D eigenvalue weighted by molar-refractivity contribution is -0.0663. The molecule has 13 heteroatoms. The summed E-state index contributed by atoms with van der Waals surface area (Å²) in [5.74, 6) is -8.46. The molecule has 0 aliphatic carbocycles. The molecule has 0 amide bonds. The second-order valence-electron chi connectivity index (χ2n) is 8.20. The molecule has 0 saturated heterocycles. The first-order valence-electron chi connectivity index (χ1n) is 9.92. The maximum Gasteiger partial charge on any atom is 0.314 e. The molecule has 1 aromatic heterocycles. The molecular formula is C22H20F4N2O6S. The molecule has 8 nitrogen and oxygen atoms in total. The van der Waals surface area contributed by atoms with Gasteiger partial charge in [0.1, 0.15) is 18.4 Å². The van der Waals surface area contributed by atoms with Gasteiger partial charge in [-0.3, -0.25) is 4.79 Å². The molecule has 188 valence electrons. The third-order valence-corrected chi connectivity index (χ3v) is 6.17. The third-order valence-electron chi connectivity index (χ3n) is 5.04. The molecule has 35 heavy (non-hydrogen) atoms. The fraction of sp³-hybridized carbons (Fsp3) is 0.273. The van der Waals surface area contributed by atoms with E-state index in [9.17, 15) is 41.0 Å². The van der Waals surface area contributed by atoms with Crippen LogP contribution in [0.2, 0.25) is 0 Å². The first kappa shape index (κ1) is 26.3. The average Bonchev–Trinajstić information content (AvgIpc) is 2.78. The summed E-state index contributed by atoms with van der Waals surface area (Å²) in [5.41, 5.74) is -3.74. The van der Waals surface area contributed by atoms with E-state index >= 15 is 0 Å². The van der Waals surface area contributed by atoms with Gasteiger partial charge in [-0.15, -0.1) is 0 Å². The van der Waals surface area contributed by atoms with Gasteiger partial charge in [0.15, 0.2) is 38.9 Å². The summed E-state index contributed by atoms with van der Waals surface area (Å²) in [6.07, 6.45) is 0.468. The summed E-state index contributed by atoms with van der Waals surface area (Å²) < 4.78 is 84.3. The van der Waals surface area contributed by atoms with E-state index in [0.717, 1.165) is 12.5 Å². The van der Waals surface area contributed by atoms with Crippen LogP contribution in [-0.2, 0) is 9.84 Å². The Morgan fingerprint density at radius 1 is 1.09 bits per heavy atom. The summed E-state index contributed by atoms with van der Waals surface area (Å²) in [6.45, 7) is 1.91. The highest BCUT2D eigenvalue weighted by molar-refractivity contribution is 7.90. The Bertz CT molecular complexity index is 1430. The van der Waals surface area contributed by atoms with Crippen molar-refractivity contribution >= 4 is 9.84 Å². The molecule has 1 heterocycles. The number of aliphatic hydroxyl groups excluding tert-OH is 1. The lowest BCUT2D eigenvalue weighted by Crippen LogP contribution is -2.40. The van der Waals surface area contributed by atoms with Crippen molar-refractivity contribution in [2.24, 2.45) is 0 Å². The Balaban J connectivity index is 2.20. The minimum absolute atomic E-state index is 0.0261. The number of sulfone groups is 1. The number of rotatable bonds is 7. The van der Waals surface area contributed by atoms with Gasteiger partial charge in [-0.05, 0) is 31.5 Å². The number of hydrogen-bond acceptors (Lipinski definition) is 7. The van der Waals surface area contributed by atoms with Gasteiger partial charge in [0.2, 0.25) is 0 Å². The minimum Gasteiger partial charge on any atom is -0.484 e. The number of aromatic nitrogens is 2. The largest absolute Gasteiger partial charge is 0.484 e. The third kappa shape index (κ3) is 5.36. The van der Waals surface area contributed by atoms with Crippen molar-refractivity contribution in [2.75, 3.05) is 12.9 Å². The van der Waals surface area contributed by atoms with Crippen molar-refractivity contribution in [2.45, 2.75) is 30.4 Å². The highest BCUT2D eigenvalue weighted by Crippen LogP contribution is 2.29. The van der Waals surface area contributed by atoms with E-state index in [2.05, 4.69) is 5.10 Å². The van der Waals surface area contributed by atoms with Crippen LogP contribution in [0.15, 0.2) is 46.2 Å². The molecule has 2 N–H and O–H groups in total. The fourth-order valence-corrected chi connectivity index (χ4v) is 3.55. The number of halogens is 4. The van der Waals surface area contributed by atoms with Crippen LogP contribution in [0.3, 0.4) is 0 Å². The molecular weight excluding hydrogens is 496 g/mol. The van der Waals surface area contributed by atoms with Gasteiger partial charge < -0.3 is 14.9 Å². The van der Waals surface area contributed by atoms with Gasteiger partial charge in [0, 0.05) is 17.9 Å². The minimum atomic E-state index is -3.53. The Morgan fingerprint density at radius 2 is 1.69 bits per heavy atom. The van der Waals surface area contributed by atoms with Crippen LogP contribution in [0.1, 0.15) is 13.8 Å². The summed E-state index contributed by atoms with van der Waals surface area (Å²) in [5, 5.41) is 23.7. The summed E-state index contributed by atoms with van der Waals surface area (Å²) >= 11 is 0. The number of aliphatic hydroxyl groups is 2. The Kier molecular flexibility index (Phi) is 7.07. The maximum absolute atomic E-state index is 14.3. The second-order valence-corrected chi connectivity index (χ2v) is 10.2. The first-order valence-corrected chi connectivity index (χ1v) is 11.8. The number of ether oxygens (including phenoxy) is 1. The molecule has 0 saturated carbocycles. The number of nitrogens with zero attached hydrogens (tertiary/aromatic N) is 2. The van der Waals surface area contributed by atoms with E-state index in [4.69, 9.17) is 4.74 Å². The Morgan fingerprint density at radius 3 is 2.23 bits per heavy atom. The summed E-state index contributed by atoms with van der Waals surface area (Å²) in [6, 6.07) is 5.38. The van der Waals surface area contributed by atoms with Crippen LogP contribution in [0.25, 0.3) is 16.8 Å².